The van der Waals surface area contributed by atoms with E-state index in [2.05, 4.69) is 36.5 Å². The first-order valence-corrected chi connectivity index (χ1v) is 12.8. The summed E-state index contributed by atoms with van der Waals surface area (Å²) >= 11 is 6.46. The maximum atomic E-state index is 14.0. The van der Waals surface area contributed by atoms with Gasteiger partial charge in [-0.05, 0) is 35.6 Å². The second-order valence-electron chi connectivity index (χ2n) is 8.76. The molecule has 0 aromatic heterocycles. The summed E-state index contributed by atoms with van der Waals surface area (Å²) in [6, 6.07) is 27.1. The molecule has 0 aliphatic rings. The minimum Gasteiger partial charge on any atom is -0.354 e. The summed E-state index contributed by atoms with van der Waals surface area (Å²) in [6.07, 6.45) is 2.69. The van der Waals surface area contributed by atoms with Gasteiger partial charge < -0.3 is 10.2 Å². The zero-order valence-electron chi connectivity index (χ0n) is 20.6. The monoisotopic (exact) mass is 490 g/mol. The van der Waals surface area contributed by atoms with Crippen LogP contribution in [0.25, 0.3) is 0 Å². The van der Waals surface area contributed by atoms with Crippen LogP contribution in [0.2, 0.25) is 5.02 Å². The van der Waals surface area contributed by atoms with Crippen LogP contribution >= 0.6 is 11.6 Å². The number of hydrogen-bond acceptors (Lipinski definition) is 2. The van der Waals surface area contributed by atoms with Crippen LogP contribution in [-0.4, -0.2) is 29.3 Å². The lowest BCUT2D eigenvalue weighted by molar-refractivity contribution is -0.141. The summed E-state index contributed by atoms with van der Waals surface area (Å²) in [5, 5.41) is 3.61. The molecule has 0 bridgehead atoms. The van der Waals surface area contributed by atoms with E-state index in [1.54, 1.807) is 4.90 Å². The molecule has 3 aromatic carbocycles. The van der Waals surface area contributed by atoms with Gasteiger partial charge in [0.15, 0.2) is 0 Å². The number of nitrogens with zero attached hydrogens (tertiary/aromatic N) is 1. The number of unbranched alkanes of at least 4 members (excludes halogenated alkanes) is 1. The van der Waals surface area contributed by atoms with Gasteiger partial charge in [0.1, 0.15) is 6.04 Å². The molecular formula is C30H35ClN2O2. The number of amides is 2. The number of rotatable bonds is 12. The molecule has 0 radical (unpaired) electrons. The van der Waals surface area contributed by atoms with E-state index in [0.29, 0.717) is 18.0 Å². The molecular weight excluding hydrogens is 456 g/mol. The van der Waals surface area contributed by atoms with Gasteiger partial charge in [0.2, 0.25) is 11.8 Å². The third-order valence-electron chi connectivity index (χ3n) is 6.30. The van der Waals surface area contributed by atoms with Crippen molar-refractivity contribution in [2.24, 2.45) is 0 Å². The van der Waals surface area contributed by atoms with Crippen molar-refractivity contribution < 1.29 is 9.59 Å². The molecule has 0 saturated heterocycles. The van der Waals surface area contributed by atoms with Crippen LogP contribution in [0.15, 0.2) is 84.9 Å². The Morgan fingerprint density at radius 3 is 1.97 bits per heavy atom. The van der Waals surface area contributed by atoms with Crippen molar-refractivity contribution >= 4 is 23.4 Å². The highest BCUT2D eigenvalue weighted by atomic mass is 35.5. The topological polar surface area (TPSA) is 49.4 Å². The Bertz CT molecular complexity index is 1030. The molecule has 3 rings (SSSR count). The van der Waals surface area contributed by atoms with Crippen LogP contribution in [0.4, 0.5) is 0 Å². The van der Waals surface area contributed by atoms with Crippen molar-refractivity contribution in [1.29, 1.82) is 0 Å². The maximum Gasteiger partial charge on any atom is 0.242 e. The van der Waals surface area contributed by atoms with Crippen LogP contribution in [0.1, 0.15) is 62.1 Å². The molecule has 0 spiro atoms. The molecule has 1 atom stereocenters. The predicted molar refractivity (Wildman–Crippen MR) is 143 cm³/mol. The second kappa shape index (κ2) is 13.7. The number of halogens is 1. The lowest BCUT2D eigenvalue weighted by atomic mass is 9.88. The van der Waals surface area contributed by atoms with E-state index < -0.39 is 6.04 Å². The highest BCUT2D eigenvalue weighted by Crippen LogP contribution is 2.30. The predicted octanol–water partition coefficient (Wildman–Crippen LogP) is 6.59. The van der Waals surface area contributed by atoms with E-state index >= 15 is 0 Å². The van der Waals surface area contributed by atoms with Crippen LogP contribution in [0.5, 0.6) is 0 Å². The molecule has 184 valence electrons. The second-order valence-corrected chi connectivity index (χ2v) is 9.17. The van der Waals surface area contributed by atoms with Gasteiger partial charge in [-0.2, -0.15) is 0 Å². The Hall–Kier alpha value is -3.11. The average Bonchev–Trinajstić information content (AvgIpc) is 2.89. The molecule has 0 unspecified atom stereocenters. The van der Waals surface area contributed by atoms with Crippen molar-refractivity contribution in [2.45, 2.75) is 58.0 Å². The first kappa shape index (κ1) is 26.5. The summed E-state index contributed by atoms with van der Waals surface area (Å²) in [4.78, 5) is 28.8. The molecule has 3 aromatic rings. The zero-order chi connectivity index (χ0) is 25.0. The van der Waals surface area contributed by atoms with Crippen LogP contribution < -0.4 is 5.32 Å². The van der Waals surface area contributed by atoms with Gasteiger partial charge in [-0.15, -0.1) is 0 Å². The van der Waals surface area contributed by atoms with Gasteiger partial charge in [0, 0.05) is 30.5 Å². The molecule has 0 heterocycles. The number of benzene rings is 3. The Balaban J connectivity index is 1.93. The molecule has 0 aliphatic heterocycles. The van der Waals surface area contributed by atoms with E-state index in [-0.39, 0.29) is 30.7 Å². The summed E-state index contributed by atoms with van der Waals surface area (Å²) in [6.45, 7) is 4.93. The van der Waals surface area contributed by atoms with Crippen molar-refractivity contribution in [1.82, 2.24) is 10.2 Å². The number of hydrogen-bond donors (Lipinski definition) is 1. The molecule has 5 heteroatoms. The van der Waals surface area contributed by atoms with Gasteiger partial charge >= 0.3 is 0 Å². The summed E-state index contributed by atoms with van der Waals surface area (Å²) in [7, 11) is 0. The summed E-state index contributed by atoms with van der Waals surface area (Å²) in [5.74, 6) is -0.295. The largest absolute Gasteiger partial charge is 0.354 e. The fraction of sp³-hybridized carbons (Fsp3) is 0.333. The lowest BCUT2D eigenvalue weighted by Gasteiger charge is -2.32. The smallest absolute Gasteiger partial charge is 0.242 e. The van der Waals surface area contributed by atoms with Crippen molar-refractivity contribution in [2.75, 3.05) is 6.54 Å². The fourth-order valence-corrected chi connectivity index (χ4v) is 4.52. The third kappa shape index (κ3) is 7.43. The van der Waals surface area contributed by atoms with Gasteiger partial charge in [0.05, 0.1) is 0 Å². The maximum absolute atomic E-state index is 14.0. The summed E-state index contributed by atoms with van der Waals surface area (Å²) < 4.78 is 0. The fourth-order valence-electron chi connectivity index (χ4n) is 4.33. The highest BCUT2D eigenvalue weighted by molar-refractivity contribution is 6.31. The van der Waals surface area contributed by atoms with Crippen molar-refractivity contribution in [3.8, 4) is 0 Å². The van der Waals surface area contributed by atoms with Crippen LogP contribution in [0, 0.1) is 0 Å². The molecule has 0 saturated carbocycles. The van der Waals surface area contributed by atoms with E-state index in [9.17, 15) is 9.59 Å². The lowest BCUT2D eigenvalue weighted by Crippen LogP contribution is -2.49. The Labute approximate surface area is 214 Å². The first-order chi connectivity index (χ1) is 17.0. The molecule has 0 aliphatic carbocycles. The molecule has 0 fully saturated rings. The molecule has 2 amide bonds. The minimum absolute atomic E-state index is 0.0693. The van der Waals surface area contributed by atoms with Gasteiger partial charge in [0.25, 0.3) is 0 Å². The third-order valence-corrected chi connectivity index (χ3v) is 6.67. The highest BCUT2D eigenvalue weighted by Gasteiger charge is 2.31. The van der Waals surface area contributed by atoms with E-state index in [1.165, 1.54) is 0 Å². The Kier molecular flexibility index (Phi) is 10.4. The van der Waals surface area contributed by atoms with Gasteiger partial charge in [-0.3, -0.25) is 9.59 Å². The standard InChI is InChI=1S/C30H35ClN2O2/c1-3-5-20-32-30(35)28(4-2)33(22-25-18-12-13-19-27(25)31)29(34)21-26(23-14-8-6-9-15-23)24-16-10-7-11-17-24/h6-19,26,28H,3-5,20-22H2,1-2H3,(H,32,35)/t28-/m1/s1. The zero-order valence-corrected chi connectivity index (χ0v) is 21.4. The molecule has 35 heavy (non-hydrogen) atoms. The van der Waals surface area contributed by atoms with Gasteiger partial charge in [-0.1, -0.05) is 111 Å². The van der Waals surface area contributed by atoms with Crippen LogP contribution in [0.3, 0.4) is 0 Å². The number of carbonyl (C=O) groups excluding carboxylic acids is 2. The van der Waals surface area contributed by atoms with E-state index in [0.717, 1.165) is 29.5 Å². The Morgan fingerprint density at radius 2 is 1.43 bits per heavy atom. The minimum atomic E-state index is -0.567. The summed E-state index contributed by atoms with van der Waals surface area (Å²) in [5.41, 5.74) is 2.98. The van der Waals surface area contributed by atoms with Crippen molar-refractivity contribution in [3.05, 3.63) is 107 Å². The molecule has 1 N–H and O–H groups in total. The quantitative estimate of drug-likeness (QED) is 0.291. The Morgan fingerprint density at radius 1 is 0.857 bits per heavy atom. The number of carbonyl (C=O) groups is 2. The normalized spacial score (nSPS) is 11.8. The molecule has 4 nitrogen and oxygen atoms in total. The SMILES string of the molecule is CCCCNC(=O)[C@@H](CC)N(Cc1ccccc1Cl)C(=O)CC(c1ccccc1)c1ccccc1. The number of nitrogens with one attached hydrogen (secondary N) is 1. The van der Waals surface area contributed by atoms with Crippen LogP contribution in [-0.2, 0) is 16.1 Å². The van der Waals surface area contributed by atoms with E-state index in [1.807, 2.05) is 67.6 Å². The van der Waals surface area contributed by atoms with Gasteiger partial charge in [-0.25, -0.2) is 0 Å². The van der Waals surface area contributed by atoms with Crippen molar-refractivity contribution in [3.63, 3.8) is 0 Å². The average molecular weight is 491 g/mol. The first-order valence-electron chi connectivity index (χ1n) is 12.5. The van der Waals surface area contributed by atoms with E-state index in [4.69, 9.17) is 11.6 Å².